The van der Waals surface area contributed by atoms with Gasteiger partial charge in [0.15, 0.2) is 0 Å². The van der Waals surface area contributed by atoms with E-state index in [0.29, 0.717) is 47.1 Å². The smallest absolute Gasteiger partial charge is 0.383 e. The minimum Gasteiger partial charge on any atom is -0.383 e. The van der Waals surface area contributed by atoms with Crippen molar-refractivity contribution in [3.63, 3.8) is 0 Å². The number of halogens is 5. The molecule has 0 unspecified atom stereocenters. The average molecular weight is 634 g/mol. The zero-order chi connectivity index (χ0) is 32.2. The fraction of sp³-hybridized carbons (Fsp3) is 0.265. The number of amides is 1. The molecule has 12 heteroatoms. The van der Waals surface area contributed by atoms with Gasteiger partial charge in [0.25, 0.3) is 0 Å². The van der Waals surface area contributed by atoms with E-state index < -0.39 is 35.7 Å². The highest BCUT2D eigenvalue weighted by Gasteiger charge is 2.35. The van der Waals surface area contributed by atoms with Gasteiger partial charge < -0.3 is 19.9 Å². The molecule has 0 saturated heterocycles. The SMILES string of the molecule is Nc1ncnc2c1c(-c1ccc3c(c1F)CCN3C(=O)Cc1cc(C(F)(F)F)ccc1F)cn2C1CC(OCc2ccccc2)C1. The van der Waals surface area contributed by atoms with Crippen molar-refractivity contribution >= 4 is 28.4 Å². The van der Waals surface area contributed by atoms with Gasteiger partial charge in [0.1, 0.15) is 29.4 Å². The summed E-state index contributed by atoms with van der Waals surface area (Å²) < 4.78 is 78.2. The van der Waals surface area contributed by atoms with Crippen molar-refractivity contribution in [3.05, 3.63) is 107 Å². The maximum Gasteiger partial charge on any atom is 0.416 e. The van der Waals surface area contributed by atoms with Gasteiger partial charge in [0.05, 0.1) is 30.1 Å². The van der Waals surface area contributed by atoms with Crippen LogP contribution in [0.2, 0.25) is 0 Å². The molecule has 46 heavy (non-hydrogen) atoms. The summed E-state index contributed by atoms with van der Waals surface area (Å²) in [4.78, 5) is 23.1. The Bertz CT molecular complexity index is 1950. The molecule has 0 atom stereocenters. The minimum atomic E-state index is -4.68. The number of carbonyl (C=O) groups excluding carboxylic acids is 1. The van der Waals surface area contributed by atoms with Gasteiger partial charge in [-0.05, 0) is 60.7 Å². The Morgan fingerprint density at radius 3 is 2.54 bits per heavy atom. The standard InChI is InChI=1S/C34H28F5N5O2/c35-27-8-6-21(34(37,38)39)12-20(27)13-29(45)43-11-10-25-28(43)9-7-24(31(25)36)26-16-44(33-30(26)32(40)41-18-42-33)22-14-23(15-22)46-17-19-4-2-1-3-5-19/h1-9,12,16,18,22-23H,10-11,13-15,17H2,(H2,40,41,42). The molecule has 5 aromatic rings. The van der Waals surface area contributed by atoms with E-state index in [2.05, 4.69) is 9.97 Å². The molecule has 1 amide bonds. The molecule has 7 nitrogen and oxygen atoms in total. The maximum absolute atomic E-state index is 16.2. The van der Waals surface area contributed by atoms with Gasteiger partial charge in [0, 0.05) is 41.2 Å². The number of alkyl halides is 3. The Kier molecular flexibility index (Phi) is 7.47. The Morgan fingerprint density at radius 2 is 1.78 bits per heavy atom. The maximum atomic E-state index is 16.2. The first-order chi connectivity index (χ1) is 22.1. The number of nitrogens with two attached hydrogens (primary N) is 1. The van der Waals surface area contributed by atoms with Crippen LogP contribution in [0.1, 0.15) is 41.1 Å². The van der Waals surface area contributed by atoms with E-state index in [1.54, 1.807) is 12.1 Å². The molecule has 1 aliphatic heterocycles. The van der Waals surface area contributed by atoms with Gasteiger partial charge in [-0.3, -0.25) is 4.79 Å². The number of hydrogen-bond acceptors (Lipinski definition) is 5. The van der Waals surface area contributed by atoms with Gasteiger partial charge in [-0.1, -0.05) is 30.3 Å². The molecule has 236 valence electrons. The van der Waals surface area contributed by atoms with Gasteiger partial charge in [-0.25, -0.2) is 18.7 Å². The van der Waals surface area contributed by atoms with Crippen LogP contribution >= 0.6 is 0 Å². The first kappa shape index (κ1) is 29.8. The predicted octanol–water partition coefficient (Wildman–Crippen LogP) is 7.03. The van der Waals surface area contributed by atoms with E-state index >= 15 is 4.39 Å². The van der Waals surface area contributed by atoms with E-state index in [4.69, 9.17) is 10.5 Å². The summed E-state index contributed by atoms with van der Waals surface area (Å²) in [6, 6.07) is 15.1. The first-order valence-electron chi connectivity index (χ1n) is 14.8. The van der Waals surface area contributed by atoms with Crippen LogP contribution in [0.5, 0.6) is 0 Å². The van der Waals surface area contributed by atoms with Crippen molar-refractivity contribution in [3.8, 4) is 11.1 Å². The van der Waals surface area contributed by atoms with E-state index in [9.17, 15) is 22.4 Å². The van der Waals surface area contributed by atoms with Crippen LogP contribution in [0, 0.1) is 11.6 Å². The van der Waals surface area contributed by atoms with Crippen molar-refractivity contribution < 1.29 is 31.5 Å². The molecule has 0 spiro atoms. The monoisotopic (exact) mass is 633 g/mol. The molecule has 0 radical (unpaired) electrons. The zero-order valence-electron chi connectivity index (χ0n) is 24.4. The molecule has 7 rings (SSSR count). The van der Waals surface area contributed by atoms with E-state index in [1.807, 2.05) is 41.1 Å². The fourth-order valence-corrected chi connectivity index (χ4v) is 6.34. The quantitative estimate of drug-likeness (QED) is 0.195. The van der Waals surface area contributed by atoms with Crippen LogP contribution in [0.25, 0.3) is 22.2 Å². The second kappa shape index (κ2) is 11.5. The Balaban J connectivity index is 1.14. The summed E-state index contributed by atoms with van der Waals surface area (Å²) in [5.74, 6) is -1.89. The van der Waals surface area contributed by atoms with Gasteiger partial charge >= 0.3 is 6.18 Å². The van der Waals surface area contributed by atoms with Crippen LogP contribution in [-0.2, 0) is 35.2 Å². The molecular weight excluding hydrogens is 605 g/mol. The molecule has 1 aliphatic carbocycles. The number of aromatic nitrogens is 3. The van der Waals surface area contributed by atoms with Crippen molar-refractivity contribution in [1.82, 2.24) is 14.5 Å². The molecule has 3 aromatic carbocycles. The lowest BCUT2D eigenvalue weighted by Crippen LogP contribution is -2.33. The molecule has 0 bridgehead atoms. The summed E-state index contributed by atoms with van der Waals surface area (Å²) in [6.45, 7) is 0.619. The predicted molar refractivity (Wildman–Crippen MR) is 162 cm³/mol. The summed E-state index contributed by atoms with van der Waals surface area (Å²) >= 11 is 0. The lowest BCUT2D eigenvalue weighted by molar-refractivity contribution is -0.137. The van der Waals surface area contributed by atoms with Crippen molar-refractivity contribution in [2.75, 3.05) is 17.2 Å². The molecular formula is C34H28F5N5O2. The summed E-state index contributed by atoms with van der Waals surface area (Å²) in [5.41, 5.74) is 7.89. The van der Waals surface area contributed by atoms with Crippen molar-refractivity contribution in [2.24, 2.45) is 0 Å². The summed E-state index contributed by atoms with van der Waals surface area (Å²) in [5, 5.41) is 0.515. The van der Waals surface area contributed by atoms with E-state index in [-0.39, 0.29) is 47.6 Å². The zero-order valence-corrected chi connectivity index (χ0v) is 24.4. The second-order valence-electron chi connectivity index (χ2n) is 11.7. The number of carbonyl (C=O) groups is 1. The molecule has 1 fully saturated rings. The largest absolute Gasteiger partial charge is 0.416 e. The number of rotatable bonds is 7. The molecule has 2 aromatic heterocycles. The average Bonchev–Trinajstić information content (AvgIpc) is 3.61. The van der Waals surface area contributed by atoms with E-state index in [0.717, 1.165) is 18.4 Å². The van der Waals surface area contributed by atoms with Crippen LogP contribution in [-0.4, -0.2) is 33.1 Å². The molecule has 2 N–H and O–H groups in total. The number of nitrogens with zero attached hydrogens (tertiary/aromatic N) is 4. The summed E-state index contributed by atoms with van der Waals surface area (Å²) in [7, 11) is 0. The van der Waals surface area contributed by atoms with Crippen LogP contribution in [0.15, 0.2) is 73.2 Å². The van der Waals surface area contributed by atoms with Crippen LogP contribution < -0.4 is 10.6 Å². The number of benzene rings is 3. The van der Waals surface area contributed by atoms with Gasteiger partial charge in [-0.15, -0.1) is 0 Å². The second-order valence-corrected chi connectivity index (χ2v) is 11.7. The van der Waals surface area contributed by atoms with Crippen LogP contribution in [0.4, 0.5) is 33.5 Å². The third-order valence-electron chi connectivity index (χ3n) is 8.83. The summed E-state index contributed by atoms with van der Waals surface area (Å²) in [6.07, 6.45) is -0.347. The highest BCUT2D eigenvalue weighted by molar-refractivity contribution is 6.02. The third-order valence-corrected chi connectivity index (χ3v) is 8.83. The van der Waals surface area contributed by atoms with Gasteiger partial charge in [0.2, 0.25) is 5.91 Å². The Morgan fingerprint density at radius 1 is 1.00 bits per heavy atom. The first-order valence-corrected chi connectivity index (χ1v) is 14.8. The molecule has 2 aliphatic rings. The van der Waals surface area contributed by atoms with Crippen molar-refractivity contribution in [1.29, 1.82) is 0 Å². The van der Waals surface area contributed by atoms with Crippen molar-refractivity contribution in [2.45, 2.75) is 50.6 Å². The molecule has 1 saturated carbocycles. The Hall–Kier alpha value is -4.84. The fourth-order valence-electron chi connectivity index (χ4n) is 6.34. The van der Waals surface area contributed by atoms with E-state index in [1.165, 1.54) is 11.2 Å². The van der Waals surface area contributed by atoms with Crippen LogP contribution in [0.3, 0.4) is 0 Å². The number of hydrogen-bond donors (Lipinski definition) is 1. The number of fused-ring (bicyclic) bond motifs is 2. The Labute approximate surface area is 260 Å². The lowest BCUT2D eigenvalue weighted by Gasteiger charge is -2.36. The topological polar surface area (TPSA) is 86.3 Å². The third kappa shape index (κ3) is 5.36. The van der Waals surface area contributed by atoms with Gasteiger partial charge in [-0.2, -0.15) is 13.2 Å². The number of nitrogen functional groups attached to an aromatic ring is 1. The highest BCUT2D eigenvalue weighted by Crippen LogP contribution is 2.44. The number of anilines is 2. The minimum absolute atomic E-state index is 0.0631. The number of ether oxygens (including phenoxy) is 1. The molecule has 3 heterocycles. The lowest BCUT2D eigenvalue weighted by atomic mass is 9.89. The highest BCUT2D eigenvalue weighted by atomic mass is 19.4. The normalized spacial score (nSPS) is 17.7.